The number of rotatable bonds is 4. The molecule has 1 aliphatic carbocycles. The Labute approximate surface area is 137 Å². The van der Waals surface area contributed by atoms with Crippen LogP contribution in [-0.2, 0) is 9.59 Å². The van der Waals surface area contributed by atoms with E-state index >= 15 is 0 Å². The molecule has 0 unspecified atom stereocenters. The van der Waals surface area contributed by atoms with E-state index in [-0.39, 0.29) is 18.2 Å². The fourth-order valence-corrected chi connectivity index (χ4v) is 3.59. The molecule has 2 aliphatic rings. The van der Waals surface area contributed by atoms with Crippen LogP contribution in [-0.4, -0.2) is 31.0 Å². The van der Waals surface area contributed by atoms with Crippen LogP contribution in [0.4, 0.5) is 5.69 Å². The number of benzene rings is 1. The van der Waals surface area contributed by atoms with Crippen molar-refractivity contribution in [3.05, 3.63) is 24.3 Å². The van der Waals surface area contributed by atoms with E-state index in [9.17, 15) is 9.59 Å². The minimum Gasteiger partial charge on any atom is -0.497 e. The molecule has 5 heteroatoms. The lowest BCUT2D eigenvalue weighted by atomic mass is 9.85. The quantitative estimate of drug-likeness (QED) is 0.867. The maximum atomic E-state index is 12.7. The van der Waals surface area contributed by atoms with E-state index in [4.69, 9.17) is 4.74 Å². The van der Waals surface area contributed by atoms with E-state index in [2.05, 4.69) is 12.2 Å². The number of carbonyl (C=O) groups excluding carboxylic acids is 2. The Balaban J connectivity index is 1.71. The van der Waals surface area contributed by atoms with Crippen molar-refractivity contribution in [3.63, 3.8) is 0 Å². The van der Waals surface area contributed by atoms with E-state index < -0.39 is 6.04 Å². The first-order valence-corrected chi connectivity index (χ1v) is 8.37. The molecule has 3 atom stereocenters. The van der Waals surface area contributed by atoms with Crippen LogP contribution in [0.1, 0.15) is 39.0 Å². The molecule has 1 saturated carbocycles. The zero-order valence-corrected chi connectivity index (χ0v) is 13.7. The minimum atomic E-state index is -0.393. The summed E-state index contributed by atoms with van der Waals surface area (Å²) in [5, 5.41) is 3.43. The monoisotopic (exact) mass is 316 g/mol. The normalized spacial score (nSPS) is 28.3. The molecule has 5 nitrogen and oxygen atoms in total. The van der Waals surface area contributed by atoms with Crippen LogP contribution in [0, 0.1) is 5.92 Å². The van der Waals surface area contributed by atoms with Gasteiger partial charge in [0, 0.05) is 6.04 Å². The SMILES string of the molecule is COc1ccc(N2C(=O)C[C@@H](N[C@H]3CCCC[C@@H]3C)C2=O)cc1. The zero-order chi connectivity index (χ0) is 16.4. The molecule has 124 valence electrons. The molecule has 2 fully saturated rings. The second-order valence-electron chi connectivity index (χ2n) is 6.56. The van der Waals surface area contributed by atoms with Gasteiger partial charge in [-0.2, -0.15) is 0 Å². The van der Waals surface area contributed by atoms with Gasteiger partial charge in [0.25, 0.3) is 5.91 Å². The summed E-state index contributed by atoms with van der Waals surface area (Å²) in [5.41, 5.74) is 0.613. The second kappa shape index (κ2) is 6.71. The van der Waals surface area contributed by atoms with Crippen molar-refractivity contribution in [2.75, 3.05) is 12.0 Å². The summed E-state index contributed by atoms with van der Waals surface area (Å²) in [6.45, 7) is 2.22. The van der Waals surface area contributed by atoms with Gasteiger partial charge in [0.05, 0.1) is 25.3 Å². The third-order valence-corrected chi connectivity index (χ3v) is 5.00. The van der Waals surface area contributed by atoms with Gasteiger partial charge in [-0.1, -0.05) is 19.8 Å². The molecule has 1 heterocycles. The topological polar surface area (TPSA) is 58.6 Å². The summed E-state index contributed by atoms with van der Waals surface area (Å²) in [6, 6.07) is 6.97. The standard InChI is InChI=1S/C18H24N2O3/c1-12-5-3-4-6-15(12)19-16-11-17(21)20(18(16)22)13-7-9-14(23-2)10-8-13/h7-10,12,15-16,19H,3-6,11H2,1-2H3/t12-,15-,16+/m0/s1. The average Bonchev–Trinajstić information content (AvgIpc) is 2.84. The van der Waals surface area contributed by atoms with Gasteiger partial charge in [0.1, 0.15) is 5.75 Å². The molecule has 0 bridgehead atoms. The number of hydrogen-bond donors (Lipinski definition) is 1. The largest absolute Gasteiger partial charge is 0.497 e. The summed E-state index contributed by atoms with van der Waals surface area (Å²) >= 11 is 0. The van der Waals surface area contributed by atoms with Crippen molar-refractivity contribution in [3.8, 4) is 5.75 Å². The van der Waals surface area contributed by atoms with Gasteiger partial charge >= 0.3 is 0 Å². The highest BCUT2D eigenvalue weighted by molar-refractivity contribution is 6.22. The molecule has 2 amide bonds. The van der Waals surface area contributed by atoms with Gasteiger partial charge in [0.2, 0.25) is 5.91 Å². The summed E-state index contributed by atoms with van der Waals surface area (Å²) in [4.78, 5) is 26.3. The molecular formula is C18H24N2O3. The molecule has 0 radical (unpaired) electrons. The first kappa shape index (κ1) is 16.0. The van der Waals surface area contributed by atoms with Crippen LogP contribution < -0.4 is 15.0 Å². The van der Waals surface area contributed by atoms with E-state index in [0.29, 0.717) is 23.4 Å². The molecule has 23 heavy (non-hydrogen) atoms. The molecule has 0 aromatic heterocycles. The molecule has 1 aromatic rings. The lowest BCUT2D eigenvalue weighted by molar-refractivity contribution is -0.121. The van der Waals surface area contributed by atoms with Gasteiger partial charge in [0.15, 0.2) is 0 Å². The number of anilines is 1. The third-order valence-electron chi connectivity index (χ3n) is 5.00. The molecular weight excluding hydrogens is 292 g/mol. The maximum Gasteiger partial charge on any atom is 0.251 e. The highest BCUT2D eigenvalue weighted by Crippen LogP contribution is 2.28. The van der Waals surface area contributed by atoms with Gasteiger partial charge in [-0.3, -0.25) is 9.59 Å². The van der Waals surface area contributed by atoms with Gasteiger partial charge in [-0.05, 0) is 43.0 Å². The number of imide groups is 1. The summed E-state index contributed by atoms with van der Waals surface area (Å²) < 4.78 is 5.12. The van der Waals surface area contributed by atoms with Crippen LogP contribution in [0.25, 0.3) is 0 Å². The molecule has 1 aromatic carbocycles. The number of hydrogen-bond acceptors (Lipinski definition) is 4. The second-order valence-corrected chi connectivity index (χ2v) is 6.56. The van der Waals surface area contributed by atoms with Crippen LogP contribution in [0.15, 0.2) is 24.3 Å². The lowest BCUT2D eigenvalue weighted by Crippen LogP contribution is -2.47. The maximum absolute atomic E-state index is 12.7. The Morgan fingerprint density at radius 3 is 2.48 bits per heavy atom. The van der Waals surface area contributed by atoms with Crippen molar-refractivity contribution in [2.45, 2.75) is 51.1 Å². The Morgan fingerprint density at radius 2 is 1.83 bits per heavy atom. The van der Waals surface area contributed by atoms with Gasteiger partial charge < -0.3 is 10.1 Å². The highest BCUT2D eigenvalue weighted by Gasteiger charge is 2.41. The Morgan fingerprint density at radius 1 is 1.13 bits per heavy atom. The van der Waals surface area contributed by atoms with Crippen molar-refractivity contribution in [1.82, 2.24) is 5.32 Å². The highest BCUT2D eigenvalue weighted by atomic mass is 16.5. The minimum absolute atomic E-state index is 0.138. The van der Waals surface area contributed by atoms with Crippen molar-refractivity contribution in [2.24, 2.45) is 5.92 Å². The fraction of sp³-hybridized carbons (Fsp3) is 0.556. The molecule has 1 N–H and O–H groups in total. The molecule has 1 aliphatic heterocycles. The number of ether oxygens (including phenoxy) is 1. The smallest absolute Gasteiger partial charge is 0.251 e. The van der Waals surface area contributed by atoms with Crippen LogP contribution in [0.3, 0.4) is 0 Å². The van der Waals surface area contributed by atoms with Gasteiger partial charge in [-0.25, -0.2) is 4.90 Å². The van der Waals surface area contributed by atoms with Crippen LogP contribution in [0.2, 0.25) is 0 Å². The predicted molar refractivity (Wildman–Crippen MR) is 88.4 cm³/mol. The molecule has 3 rings (SSSR count). The summed E-state index contributed by atoms with van der Waals surface area (Å²) in [6.07, 6.45) is 4.97. The predicted octanol–water partition coefficient (Wildman–Crippen LogP) is 2.50. The number of amides is 2. The molecule has 1 saturated heterocycles. The van der Waals surface area contributed by atoms with Crippen molar-refractivity contribution in [1.29, 1.82) is 0 Å². The first-order chi connectivity index (χ1) is 11.1. The number of nitrogens with zero attached hydrogens (tertiary/aromatic N) is 1. The summed E-state index contributed by atoms with van der Waals surface area (Å²) in [5.74, 6) is 0.985. The Hall–Kier alpha value is -1.88. The average molecular weight is 316 g/mol. The fourth-order valence-electron chi connectivity index (χ4n) is 3.59. The van der Waals surface area contributed by atoms with E-state index in [1.54, 1.807) is 31.4 Å². The van der Waals surface area contributed by atoms with E-state index in [1.807, 2.05) is 0 Å². The van der Waals surface area contributed by atoms with E-state index in [1.165, 1.54) is 24.2 Å². The van der Waals surface area contributed by atoms with Gasteiger partial charge in [-0.15, -0.1) is 0 Å². The lowest BCUT2D eigenvalue weighted by Gasteiger charge is -2.31. The third kappa shape index (κ3) is 3.24. The number of carbonyl (C=O) groups is 2. The zero-order valence-electron chi connectivity index (χ0n) is 13.7. The number of methoxy groups -OCH3 is 1. The van der Waals surface area contributed by atoms with Crippen molar-refractivity contribution < 1.29 is 14.3 Å². The van der Waals surface area contributed by atoms with E-state index in [0.717, 1.165) is 6.42 Å². The Bertz CT molecular complexity index is 584. The summed E-state index contributed by atoms with van der Waals surface area (Å²) in [7, 11) is 1.59. The van der Waals surface area contributed by atoms with Crippen molar-refractivity contribution >= 4 is 17.5 Å². The van der Waals surface area contributed by atoms with Crippen LogP contribution in [0.5, 0.6) is 5.75 Å². The Kier molecular flexibility index (Phi) is 4.66. The van der Waals surface area contributed by atoms with Crippen LogP contribution >= 0.6 is 0 Å². The molecule has 0 spiro atoms. The first-order valence-electron chi connectivity index (χ1n) is 8.37. The number of nitrogens with one attached hydrogen (secondary N) is 1.